The molecule has 2 nitrogen and oxygen atoms in total. The summed E-state index contributed by atoms with van der Waals surface area (Å²) in [4.78, 5) is 0. The zero-order valence-electron chi connectivity index (χ0n) is 8.63. The largest absolute Gasteiger partial charge is 0.270 e. The highest BCUT2D eigenvalue weighted by Gasteiger charge is 2.09. The van der Waals surface area contributed by atoms with Crippen LogP contribution >= 0.6 is 0 Å². The van der Waals surface area contributed by atoms with Crippen molar-refractivity contribution in [1.82, 2.24) is 9.78 Å². The molecule has 0 aromatic carbocycles. The van der Waals surface area contributed by atoms with E-state index in [1.165, 1.54) is 11.3 Å². The average Bonchev–Trinajstić information content (AvgIpc) is 2.30. The summed E-state index contributed by atoms with van der Waals surface area (Å²) < 4.78 is 2.03. The molecule has 1 aromatic heterocycles. The third kappa shape index (κ3) is 1.68. The Morgan fingerprint density at radius 3 is 2.08 bits per heavy atom. The Morgan fingerprint density at radius 1 is 1.25 bits per heavy atom. The summed E-state index contributed by atoms with van der Waals surface area (Å²) in [7, 11) is 0. The van der Waals surface area contributed by atoms with Gasteiger partial charge < -0.3 is 0 Å². The molecule has 1 heterocycles. The molecule has 0 amide bonds. The topological polar surface area (TPSA) is 17.8 Å². The van der Waals surface area contributed by atoms with Crippen LogP contribution < -0.4 is 0 Å². The Hall–Kier alpha value is -0.790. The lowest BCUT2D eigenvalue weighted by Crippen LogP contribution is -2.02. The van der Waals surface area contributed by atoms with E-state index in [9.17, 15) is 0 Å². The van der Waals surface area contributed by atoms with E-state index in [0.29, 0.717) is 12.0 Å². The number of hydrogen-bond acceptors (Lipinski definition) is 1. The van der Waals surface area contributed by atoms with Gasteiger partial charge in [-0.3, -0.25) is 4.68 Å². The van der Waals surface area contributed by atoms with E-state index in [1.807, 2.05) is 4.68 Å². The van der Waals surface area contributed by atoms with Crippen LogP contribution in [0.4, 0.5) is 0 Å². The minimum atomic E-state index is 0.469. The Balaban J connectivity index is 3.00. The number of nitrogens with zero attached hydrogens (tertiary/aromatic N) is 2. The second-order valence-corrected chi connectivity index (χ2v) is 3.93. The smallest absolute Gasteiger partial charge is 0.0679 e. The molecule has 1 rings (SSSR count). The van der Waals surface area contributed by atoms with E-state index in [-0.39, 0.29) is 0 Å². The van der Waals surface area contributed by atoms with Crippen LogP contribution in [0.2, 0.25) is 0 Å². The number of rotatable bonds is 2. The van der Waals surface area contributed by atoms with Gasteiger partial charge in [0.15, 0.2) is 0 Å². The fourth-order valence-corrected chi connectivity index (χ4v) is 1.33. The minimum Gasteiger partial charge on any atom is -0.270 e. The Kier molecular flexibility index (Phi) is 2.55. The minimum absolute atomic E-state index is 0.469. The van der Waals surface area contributed by atoms with Crippen LogP contribution in [0.25, 0.3) is 0 Å². The van der Waals surface area contributed by atoms with Gasteiger partial charge in [0.1, 0.15) is 0 Å². The number of aromatic nitrogens is 2. The number of aryl methyl sites for hydroxylation is 1. The molecule has 0 radical (unpaired) electrons. The summed E-state index contributed by atoms with van der Waals surface area (Å²) in [6.07, 6.45) is 2.12. The van der Waals surface area contributed by atoms with Gasteiger partial charge in [-0.15, -0.1) is 0 Å². The molecule has 68 valence electrons. The zero-order valence-corrected chi connectivity index (χ0v) is 8.63. The summed E-state index contributed by atoms with van der Waals surface area (Å²) in [6, 6.07) is 0.469. The predicted molar refractivity (Wildman–Crippen MR) is 51.4 cm³/mol. The molecule has 0 bridgehead atoms. The van der Waals surface area contributed by atoms with E-state index < -0.39 is 0 Å². The molecule has 0 atom stereocenters. The molecule has 0 saturated carbocycles. The van der Waals surface area contributed by atoms with Crippen molar-refractivity contribution in [1.29, 1.82) is 0 Å². The van der Waals surface area contributed by atoms with Crippen molar-refractivity contribution in [2.45, 2.75) is 46.6 Å². The van der Waals surface area contributed by atoms with Crippen molar-refractivity contribution in [3.8, 4) is 0 Å². The lowest BCUT2D eigenvalue weighted by molar-refractivity contribution is 0.523. The summed E-state index contributed by atoms with van der Waals surface area (Å²) in [5.74, 6) is 0.532. The van der Waals surface area contributed by atoms with Crippen molar-refractivity contribution in [2.24, 2.45) is 0 Å². The summed E-state index contributed by atoms with van der Waals surface area (Å²) >= 11 is 0. The van der Waals surface area contributed by atoms with Gasteiger partial charge in [-0.2, -0.15) is 5.10 Å². The van der Waals surface area contributed by atoms with Crippen LogP contribution in [0.1, 0.15) is 50.9 Å². The molecule has 0 aliphatic heterocycles. The molecule has 0 N–H and O–H groups in total. The standard InChI is InChI=1S/C10H18N2/c1-7(2)10-9(5)6-12(11-10)8(3)4/h6-8H,1-5H3. The Morgan fingerprint density at radius 2 is 1.83 bits per heavy atom. The summed E-state index contributed by atoms with van der Waals surface area (Å²) in [5.41, 5.74) is 2.53. The van der Waals surface area contributed by atoms with Crippen LogP contribution in [0.3, 0.4) is 0 Å². The van der Waals surface area contributed by atoms with Crippen LogP contribution in [-0.4, -0.2) is 9.78 Å². The van der Waals surface area contributed by atoms with Gasteiger partial charge in [-0.05, 0) is 32.3 Å². The van der Waals surface area contributed by atoms with Gasteiger partial charge in [-0.25, -0.2) is 0 Å². The normalized spacial score (nSPS) is 11.6. The monoisotopic (exact) mass is 166 g/mol. The van der Waals surface area contributed by atoms with Gasteiger partial charge in [0.05, 0.1) is 5.69 Å². The second-order valence-electron chi connectivity index (χ2n) is 3.93. The van der Waals surface area contributed by atoms with E-state index >= 15 is 0 Å². The molecule has 1 aromatic rings. The van der Waals surface area contributed by atoms with Crippen molar-refractivity contribution in [3.63, 3.8) is 0 Å². The van der Waals surface area contributed by atoms with Crippen molar-refractivity contribution in [3.05, 3.63) is 17.5 Å². The Bertz CT molecular complexity index is 259. The predicted octanol–water partition coefficient (Wildman–Crippen LogP) is 2.90. The van der Waals surface area contributed by atoms with Crippen molar-refractivity contribution < 1.29 is 0 Å². The molecular weight excluding hydrogens is 148 g/mol. The van der Waals surface area contributed by atoms with Gasteiger partial charge in [0.2, 0.25) is 0 Å². The fraction of sp³-hybridized carbons (Fsp3) is 0.700. The van der Waals surface area contributed by atoms with Gasteiger partial charge in [0.25, 0.3) is 0 Å². The molecule has 12 heavy (non-hydrogen) atoms. The average molecular weight is 166 g/mol. The maximum absolute atomic E-state index is 4.53. The first kappa shape index (κ1) is 9.30. The maximum Gasteiger partial charge on any atom is 0.0679 e. The molecular formula is C10H18N2. The molecule has 0 fully saturated rings. The summed E-state index contributed by atoms with van der Waals surface area (Å²) in [5, 5.41) is 4.53. The quantitative estimate of drug-likeness (QED) is 0.660. The SMILES string of the molecule is Cc1cn(C(C)C)nc1C(C)C. The first-order chi connectivity index (χ1) is 5.52. The Labute approximate surface area is 74.6 Å². The van der Waals surface area contributed by atoms with E-state index in [0.717, 1.165) is 0 Å². The zero-order chi connectivity index (χ0) is 9.30. The van der Waals surface area contributed by atoms with Crippen LogP contribution in [0.5, 0.6) is 0 Å². The molecule has 0 saturated heterocycles. The van der Waals surface area contributed by atoms with Crippen LogP contribution in [0.15, 0.2) is 6.20 Å². The molecule has 0 spiro atoms. The van der Waals surface area contributed by atoms with Gasteiger partial charge >= 0.3 is 0 Å². The first-order valence-electron chi connectivity index (χ1n) is 4.58. The van der Waals surface area contributed by atoms with E-state index in [2.05, 4.69) is 45.9 Å². The highest BCUT2D eigenvalue weighted by atomic mass is 15.3. The van der Waals surface area contributed by atoms with Crippen LogP contribution in [0, 0.1) is 6.92 Å². The maximum atomic E-state index is 4.53. The van der Waals surface area contributed by atoms with Crippen molar-refractivity contribution in [2.75, 3.05) is 0 Å². The second kappa shape index (κ2) is 3.30. The fourth-order valence-electron chi connectivity index (χ4n) is 1.33. The lowest BCUT2D eigenvalue weighted by atomic mass is 10.1. The molecule has 0 unspecified atom stereocenters. The van der Waals surface area contributed by atoms with Gasteiger partial charge in [-0.1, -0.05) is 13.8 Å². The number of hydrogen-bond donors (Lipinski definition) is 0. The van der Waals surface area contributed by atoms with Crippen LogP contribution in [-0.2, 0) is 0 Å². The first-order valence-corrected chi connectivity index (χ1v) is 4.58. The van der Waals surface area contributed by atoms with Gasteiger partial charge in [0, 0.05) is 12.2 Å². The third-order valence-electron chi connectivity index (χ3n) is 2.03. The molecule has 0 aliphatic rings. The summed E-state index contributed by atoms with van der Waals surface area (Å²) in [6.45, 7) is 10.8. The van der Waals surface area contributed by atoms with Crippen molar-refractivity contribution >= 4 is 0 Å². The molecule has 0 aliphatic carbocycles. The lowest BCUT2D eigenvalue weighted by Gasteiger charge is -2.04. The van der Waals surface area contributed by atoms with E-state index in [1.54, 1.807) is 0 Å². The van der Waals surface area contributed by atoms with E-state index in [4.69, 9.17) is 0 Å². The third-order valence-corrected chi connectivity index (χ3v) is 2.03. The molecule has 2 heteroatoms. The highest BCUT2D eigenvalue weighted by Crippen LogP contribution is 2.18. The highest BCUT2D eigenvalue weighted by molar-refractivity contribution is 5.18.